The molecular formula is C22H12N6. The van der Waals surface area contributed by atoms with Crippen LogP contribution in [0.2, 0.25) is 0 Å². The number of hydrogen-bond acceptors (Lipinski definition) is 6. The average molecular weight is 360 g/mol. The molecule has 0 saturated carbocycles. The lowest BCUT2D eigenvalue weighted by Gasteiger charge is -2.14. The van der Waals surface area contributed by atoms with Crippen LogP contribution in [0.15, 0.2) is 73.2 Å². The summed E-state index contributed by atoms with van der Waals surface area (Å²) in [7, 11) is 0. The van der Waals surface area contributed by atoms with E-state index in [1.54, 1.807) is 55.0 Å². The maximum atomic E-state index is 9.93. The van der Waals surface area contributed by atoms with Gasteiger partial charge in [-0.25, -0.2) is 4.98 Å². The van der Waals surface area contributed by atoms with Crippen molar-refractivity contribution < 1.29 is 0 Å². The predicted molar refractivity (Wildman–Crippen MR) is 103 cm³/mol. The molecule has 6 nitrogen and oxygen atoms in total. The first kappa shape index (κ1) is 17.0. The Labute approximate surface area is 161 Å². The standard InChI is InChI=1S/C22H12N6/c23-13-15-20(17-7-1-4-10-25-17)16(14-24)22(19-9-3-6-12-27-19)28-21(15)18-8-2-5-11-26-18/h1-12H. The van der Waals surface area contributed by atoms with Gasteiger partial charge in [0.25, 0.3) is 0 Å². The third kappa shape index (κ3) is 2.96. The minimum absolute atomic E-state index is 0.258. The fraction of sp³-hybridized carbons (Fsp3) is 0. The Morgan fingerprint density at radius 2 is 1.00 bits per heavy atom. The van der Waals surface area contributed by atoms with E-state index >= 15 is 0 Å². The number of nitriles is 2. The molecule has 4 heterocycles. The lowest BCUT2D eigenvalue weighted by Crippen LogP contribution is -2.04. The molecule has 4 rings (SSSR count). The van der Waals surface area contributed by atoms with Gasteiger partial charge in [-0.05, 0) is 36.4 Å². The summed E-state index contributed by atoms with van der Waals surface area (Å²) in [6, 6.07) is 20.5. The summed E-state index contributed by atoms with van der Waals surface area (Å²) in [6.45, 7) is 0. The second kappa shape index (κ2) is 7.45. The molecule has 0 N–H and O–H groups in total. The summed E-state index contributed by atoms with van der Waals surface area (Å²) < 4.78 is 0. The zero-order chi connectivity index (χ0) is 19.3. The van der Waals surface area contributed by atoms with Gasteiger partial charge in [0.1, 0.15) is 23.5 Å². The van der Waals surface area contributed by atoms with Gasteiger partial charge in [0, 0.05) is 24.2 Å². The Kier molecular flexibility index (Phi) is 4.53. The lowest BCUT2D eigenvalue weighted by molar-refractivity contribution is 1.19. The summed E-state index contributed by atoms with van der Waals surface area (Å²) >= 11 is 0. The molecule has 6 heteroatoms. The summed E-state index contributed by atoms with van der Waals surface area (Å²) in [4.78, 5) is 17.7. The Morgan fingerprint density at radius 1 is 0.571 bits per heavy atom. The van der Waals surface area contributed by atoms with Crippen LogP contribution in [0.4, 0.5) is 0 Å². The molecule has 0 amide bonds. The number of nitrogens with zero attached hydrogens (tertiary/aromatic N) is 6. The van der Waals surface area contributed by atoms with E-state index in [9.17, 15) is 10.5 Å². The van der Waals surface area contributed by atoms with Crippen LogP contribution in [-0.2, 0) is 0 Å². The molecule has 0 aliphatic rings. The number of aromatic nitrogens is 4. The van der Waals surface area contributed by atoms with Gasteiger partial charge < -0.3 is 0 Å². The normalized spacial score (nSPS) is 10.1. The van der Waals surface area contributed by atoms with Gasteiger partial charge in [-0.15, -0.1) is 0 Å². The second-order valence-corrected chi connectivity index (χ2v) is 5.80. The second-order valence-electron chi connectivity index (χ2n) is 5.80. The lowest BCUT2D eigenvalue weighted by atomic mass is 9.94. The van der Waals surface area contributed by atoms with Crippen LogP contribution in [0, 0.1) is 22.7 Å². The van der Waals surface area contributed by atoms with Crippen molar-refractivity contribution in [3.8, 4) is 46.2 Å². The van der Waals surface area contributed by atoms with E-state index in [2.05, 4.69) is 32.1 Å². The Morgan fingerprint density at radius 3 is 1.36 bits per heavy atom. The van der Waals surface area contributed by atoms with Gasteiger partial charge in [-0.1, -0.05) is 18.2 Å². The van der Waals surface area contributed by atoms with Crippen LogP contribution in [0.3, 0.4) is 0 Å². The van der Waals surface area contributed by atoms with Crippen LogP contribution in [-0.4, -0.2) is 19.9 Å². The molecule has 0 atom stereocenters. The van der Waals surface area contributed by atoms with Gasteiger partial charge in [-0.3, -0.25) is 15.0 Å². The molecule has 4 aromatic rings. The smallest absolute Gasteiger partial charge is 0.108 e. The largest absolute Gasteiger partial charge is 0.256 e. The van der Waals surface area contributed by atoms with Crippen LogP contribution in [0.5, 0.6) is 0 Å². The van der Waals surface area contributed by atoms with Gasteiger partial charge >= 0.3 is 0 Å². The van der Waals surface area contributed by atoms with Crippen molar-refractivity contribution in [1.29, 1.82) is 10.5 Å². The molecule has 0 unspecified atom stereocenters. The third-order valence-electron chi connectivity index (χ3n) is 4.16. The van der Waals surface area contributed by atoms with E-state index < -0.39 is 0 Å². The molecule has 0 aliphatic carbocycles. The fourth-order valence-electron chi connectivity index (χ4n) is 2.95. The molecule has 28 heavy (non-hydrogen) atoms. The first-order chi connectivity index (χ1) is 13.8. The minimum atomic E-state index is 0.258. The maximum absolute atomic E-state index is 9.93. The number of hydrogen-bond donors (Lipinski definition) is 0. The Bertz CT molecular complexity index is 1130. The first-order valence-corrected chi connectivity index (χ1v) is 8.46. The number of rotatable bonds is 3. The van der Waals surface area contributed by atoms with E-state index in [0.29, 0.717) is 34.0 Å². The van der Waals surface area contributed by atoms with Gasteiger partial charge in [0.05, 0.1) is 28.2 Å². The highest BCUT2D eigenvalue weighted by Crippen LogP contribution is 2.36. The van der Waals surface area contributed by atoms with Crippen molar-refractivity contribution in [2.24, 2.45) is 0 Å². The third-order valence-corrected chi connectivity index (χ3v) is 4.16. The van der Waals surface area contributed by atoms with Crippen molar-refractivity contribution in [2.75, 3.05) is 0 Å². The average Bonchev–Trinajstić information content (AvgIpc) is 2.79. The molecule has 0 saturated heterocycles. The zero-order valence-corrected chi connectivity index (χ0v) is 14.6. The molecule has 0 aromatic carbocycles. The van der Waals surface area contributed by atoms with Gasteiger partial charge in [-0.2, -0.15) is 10.5 Å². The predicted octanol–water partition coefficient (Wildman–Crippen LogP) is 4.01. The summed E-state index contributed by atoms with van der Waals surface area (Å²) in [5, 5.41) is 19.9. The van der Waals surface area contributed by atoms with Crippen LogP contribution in [0.25, 0.3) is 34.0 Å². The first-order valence-electron chi connectivity index (χ1n) is 8.46. The molecule has 0 fully saturated rings. The van der Waals surface area contributed by atoms with Crippen molar-refractivity contribution in [2.45, 2.75) is 0 Å². The van der Waals surface area contributed by atoms with E-state index in [0.717, 1.165) is 0 Å². The molecule has 0 bridgehead atoms. The molecule has 130 valence electrons. The molecule has 0 aliphatic heterocycles. The molecule has 0 spiro atoms. The Hall–Kier alpha value is -4.42. The monoisotopic (exact) mass is 360 g/mol. The molecule has 0 radical (unpaired) electrons. The van der Waals surface area contributed by atoms with Crippen LogP contribution >= 0.6 is 0 Å². The van der Waals surface area contributed by atoms with Gasteiger partial charge in [0.15, 0.2) is 0 Å². The molecule has 4 aromatic heterocycles. The minimum Gasteiger partial charge on any atom is -0.256 e. The fourth-order valence-corrected chi connectivity index (χ4v) is 2.95. The number of pyridine rings is 4. The highest BCUT2D eigenvalue weighted by molar-refractivity contribution is 5.86. The van der Waals surface area contributed by atoms with Crippen molar-refractivity contribution in [3.05, 3.63) is 84.3 Å². The van der Waals surface area contributed by atoms with E-state index in [1.165, 1.54) is 0 Å². The van der Waals surface area contributed by atoms with E-state index in [-0.39, 0.29) is 11.1 Å². The Balaban J connectivity index is 2.15. The van der Waals surface area contributed by atoms with Crippen molar-refractivity contribution in [3.63, 3.8) is 0 Å². The summed E-state index contributed by atoms with van der Waals surface area (Å²) in [6.07, 6.45) is 4.90. The summed E-state index contributed by atoms with van der Waals surface area (Å²) in [5.41, 5.74) is 3.33. The zero-order valence-electron chi connectivity index (χ0n) is 14.6. The van der Waals surface area contributed by atoms with Gasteiger partial charge in [0.2, 0.25) is 0 Å². The van der Waals surface area contributed by atoms with E-state index in [4.69, 9.17) is 0 Å². The maximum Gasteiger partial charge on any atom is 0.108 e. The molecular weight excluding hydrogens is 348 g/mol. The van der Waals surface area contributed by atoms with Crippen molar-refractivity contribution in [1.82, 2.24) is 19.9 Å². The van der Waals surface area contributed by atoms with Crippen molar-refractivity contribution >= 4 is 0 Å². The van der Waals surface area contributed by atoms with Crippen LogP contribution in [0.1, 0.15) is 11.1 Å². The van der Waals surface area contributed by atoms with Crippen LogP contribution < -0.4 is 0 Å². The summed E-state index contributed by atoms with van der Waals surface area (Å²) in [5.74, 6) is 0. The quantitative estimate of drug-likeness (QED) is 0.547. The highest BCUT2D eigenvalue weighted by atomic mass is 14.8. The highest BCUT2D eigenvalue weighted by Gasteiger charge is 2.24. The van der Waals surface area contributed by atoms with E-state index in [1.807, 2.05) is 18.2 Å². The SMILES string of the molecule is N#Cc1c(-c2ccccn2)nc(-c2ccccn2)c(C#N)c1-c1ccccn1. The topological polar surface area (TPSA) is 99.1 Å².